The van der Waals surface area contributed by atoms with Gasteiger partial charge in [0.05, 0.1) is 0 Å². The van der Waals surface area contributed by atoms with Crippen LogP contribution in [0.4, 0.5) is 8.78 Å². The number of rotatable bonds is 7. The lowest BCUT2D eigenvalue weighted by molar-refractivity contribution is 0.151. The molecule has 0 unspecified atom stereocenters. The summed E-state index contributed by atoms with van der Waals surface area (Å²) in [6.45, 7) is 2.24. The number of benzene rings is 1. The molecule has 2 aliphatic rings. The van der Waals surface area contributed by atoms with E-state index in [9.17, 15) is 8.78 Å². The summed E-state index contributed by atoms with van der Waals surface area (Å²) in [5.41, 5.74) is 3.01. The molecule has 0 aliphatic heterocycles. The number of halogens is 2. The van der Waals surface area contributed by atoms with Crippen molar-refractivity contribution >= 4 is 0 Å². The number of alkyl halides is 2. The summed E-state index contributed by atoms with van der Waals surface area (Å²) in [6.07, 6.45) is 14.3. The Balaban J connectivity index is 1.41. The van der Waals surface area contributed by atoms with E-state index in [0.717, 1.165) is 17.8 Å². The van der Waals surface area contributed by atoms with Gasteiger partial charge in [0, 0.05) is 6.42 Å². The lowest BCUT2D eigenvalue weighted by Crippen LogP contribution is -2.25. The van der Waals surface area contributed by atoms with Crippen LogP contribution in [0.1, 0.15) is 88.2 Å². The van der Waals surface area contributed by atoms with Gasteiger partial charge in [0.25, 0.3) is 0 Å². The first-order chi connectivity index (χ1) is 13.2. The molecule has 0 spiro atoms. The number of allylic oxidation sites excluding steroid dienone is 2. The molecular weight excluding hydrogens is 338 g/mol. The third-order valence-corrected chi connectivity index (χ3v) is 6.97. The van der Waals surface area contributed by atoms with Crippen LogP contribution in [0.15, 0.2) is 36.4 Å². The SMILES string of the molecule is CCCc1ccc(C2CCC([C@H]3CC[C@H](/C=C/CC(F)F)CC3)CC2)cc1. The first-order valence-electron chi connectivity index (χ1n) is 11.2. The van der Waals surface area contributed by atoms with Crippen molar-refractivity contribution in [3.05, 3.63) is 47.5 Å². The fourth-order valence-electron chi connectivity index (χ4n) is 5.35. The number of aryl methyl sites for hydroxylation is 1. The van der Waals surface area contributed by atoms with Gasteiger partial charge in [-0.15, -0.1) is 0 Å². The van der Waals surface area contributed by atoms with Crippen molar-refractivity contribution in [3.63, 3.8) is 0 Å². The van der Waals surface area contributed by atoms with E-state index in [2.05, 4.69) is 37.3 Å². The minimum atomic E-state index is -2.20. The molecule has 0 aromatic heterocycles. The fourth-order valence-corrected chi connectivity index (χ4v) is 5.35. The lowest BCUT2D eigenvalue weighted by atomic mass is 9.68. The van der Waals surface area contributed by atoms with Gasteiger partial charge in [0.1, 0.15) is 0 Å². The van der Waals surface area contributed by atoms with Crippen molar-refractivity contribution in [2.24, 2.45) is 17.8 Å². The molecular formula is C25H36F2. The highest BCUT2D eigenvalue weighted by Crippen LogP contribution is 2.44. The van der Waals surface area contributed by atoms with E-state index in [-0.39, 0.29) is 6.42 Å². The Morgan fingerprint density at radius 3 is 2.04 bits per heavy atom. The van der Waals surface area contributed by atoms with Gasteiger partial charge in [-0.25, -0.2) is 8.78 Å². The molecule has 0 heterocycles. The second kappa shape index (κ2) is 10.4. The predicted molar refractivity (Wildman–Crippen MR) is 110 cm³/mol. The highest BCUT2D eigenvalue weighted by molar-refractivity contribution is 5.26. The first kappa shape index (κ1) is 20.6. The van der Waals surface area contributed by atoms with E-state index in [1.165, 1.54) is 69.8 Å². The molecule has 27 heavy (non-hydrogen) atoms. The van der Waals surface area contributed by atoms with Gasteiger partial charge in [-0.3, -0.25) is 0 Å². The Labute approximate surface area is 164 Å². The molecule has 0 bridgehead atoms. The van der Waals surface area contributed by atoms with Crippen molar-refractivity contribution < 1.29 is 8.78 Å². The number of hydrogen-bond donors (Lipinski definition) is 0. The van der Waals surface area contributed by atoms with Gasteiger partial charge in [-0.2, -0.15) is 0 Å². The maximum atomic E-state index is 12.3. The van der Waals surface area contributed by atoms with Crippen LogP contribution >= 0.6 is 0 Å². The smallest absolute Gasteiger partial charge is 0.210 e. The summed E-state index contributed by atoms with van der Waals surface area (Å²) >= 11 is 0. The van der Waals surface area contributed by atoms with Gasteiger partial charge >= 0.3 is 0 Å². The van der Waals surface area contributed by atoms with Crippen molar-refractivity contribution in [1.29, 1.82) is 0 Å². The molecule has 3 rings (SSSR count). The molecule has 2 aliphatic carbocycles. The third-order valence-electron chi connectivity index (χ3n) is 6.97. The zero-order chi connectivity index (χ0) is 19.1. The Hall–Kier alpha value is -1.18. The normalized spacial score (nSPS) is 29.5. The quantitative estimate of drug-likeness (QED) is 0.425. The van der Waals surface area contributed by atoms with Crippen LogP contribution in [0, 0.1) is 17.8 Å². The topological polar surface area (TPSA) is 0 Å². The molecule has 0 atom stereocenters. The van der Waals surface area contributed by atoms with Crippen LogP contribution in [0.2, 0.25) is 0 Å². The monoisotopic (exact) mass is 374 g/mol. The zero-order valence-corrected chi connectivity index (χ0v) is 16.9. The second-order valence-corrected chi connectivity index (χ2v) is 8.83. The molecule has 1 aromatic carbocycles. The Bertz CT molecular complexity index is 558. The van der Waals surface area contributed by atoms with E-state index in [0.29, 0.717) is 5.92 Å². The van der Waals surface area contributed by atoms with Crippen molar-refractivity contribution in [2.45, 2.75) is 89.9 Å². The van der Waals surface area contributed by atoms with Crippen LogP contribution in [0.25, 0.3) is 0 Å². The maximum absolute atomic E-state index is 12.3. The van der Waals surface area contributed by atoms with Crippen LogP contribution in [-0.2, 0) is 6.42 Å². The molecule has 0 N–H and O–H groups in total. The van der Waals surface area contributed by atoms with Crippen molar-refractivity contribution in [2.75, 3.05) is 0 Å². The van der Waals surface area contributed by atoms with Gasteiger partial charge in [0.15, 0.2) is 0 Å². The van der Waals surface area contributed by atoms with Crippen LogP contribution in [0.3, 0.4) is 0 Å². The Morgan fingerprint density at radius 1 is 0.889 bits per heavy atom. The molecule has 1 aromatic rings. The Morgan fingerprint density at radius 2 is 1.48 bits per heavy atom. The molecule has 0 nitrogen and oxygen atoms in total. The minimum absolute atomic E-state index is 0.0800. The summed E-state index contributed by atoms with van der Waals surface area (Å²) in [5, 5.41) is 0. The summed E-state index contributed by atoms with van der Waals surface area (Å²) in [6, 6.07) is 9.39. The summed E-state index contributed by atoms with van der Waals surface area (Å²) in [7, 11) is 0. The van der Waals surface area contributed by atoms with Gasteiger partial charge in [-0.05, 0) is 92.6 Å². The van der Waals surface area contributed by atoms with Crippen LogP contribution in [0.5, 0.6) is 0 Å². The summed E-state index contributed by atoms with van der Waals surface area (Å²) < 4.78 is 24.5. The highest BCUT2D eigenvalue weighted by atomic mass is 19.3. The van der Waals surface area contributed by atoms with Crippen LogP contribution in [-0.4, -0.2) is 6.43 Å². The molecule has 0 amide bonds. The summed E-state index contributed by atoms with van der Waals surface area (Å²) in [5.74, 6) is 3.06. The van der Waals surface area contributed by atoms with Gasteiger partial charge in [-0.1, -0.05) is 49.8 Å². The fraction of sp³-hybridized carbons (Fsp3) is 0.680. The maximum Gasteiger partial charge on any atom is 0.242 e. The molecule has 0 radical (unpaired) electrons. The van der Waals surface area contributed by atoms with Crippen LogP contribution < -0.4 is 0 Å². The molecule has 2 heteroatoms. The van der Waals surface area contributed by atoms with E-state index in [1.54, 1.807) is 11.6 Å². The molecule has 2 saturated carbocycles. The largest absolute Gasteiger partial charge is 0.242 e. The standard InChI is InChI=1S/C25H36F2/c1-2-4-19-7-11-21(12-8-19)23-15-17-24(18-16-23)22-13-9-20(10-14-22)5-3-6-25(26)27/h3,5,7-8,11-12,20,22-25H,2,4,6,9-10,13-18H2,1H3/b5-3+/t20-,22-,23?,24?. The summed E-state index contributed by atoms with van der Waals surface area (Å²) in [4.78, 5) is 0. The van der Waals surface area contributed by atoms with Crippen molar-refractivity contribution in [1.82, 2.24) is 0 Å². The van der Waals surface area contributed by atoms with Crippen molar-refractivity contribution in [3.8, 4) is 0 Å². The molecule has 150 valence electrons. The van der Waals surface area contributed by atoms with E-state index >= 15 is 0 Å². The second-order valence-electron chi connectivity index (χ2n) is 8.83. The van der Waals surface area contributed by atoms with Gasteiger partial charge < -0.3 is 0 Å². The Kier molecular flexibility index (Phi) is 7.91. The first-order valence-corrected chi connectivity index (χ1v) is 11.2. The predicted octanol–water partition coefficient (Wildman–Crippen LogP) is 7.93. The van der Waals surface area contributed by atoms with Gasteiger partial charge in [0.2, 0.25) is 6.43 Å². The molecule has 2 fully saturated rings. The lowest BCUT2D eigenvalue weighted by Gasteiger charge is -2.37. The highest BCUT2D eigenvalue weighted by Gasteiger charge is 2.30. The zero-order valence-electron chi connectivity index (χ0n) is 16.9. The molecule has 0 saturated heterocycles. The van der Waals surface area contributed by atoms with E-state index in [1.807, 2.05) is 0 Å². The van der Waals surface area contributed by atoms with E-state index < -0.39 is 6.43 Å². The number of hydrogen-bond acceptors (Lipinski definition) is 0. The average molecular weight is 375 g/mol. The minimum Gasteiger partial charge on any atom is -0.210 e. The van der Waals surface area contributed by atoms with E-state index in [4.69, 9.17) is 0 Å². The third kappa shape index (κ3) is 6.16. The average Bonchev–Trinajstić information content (AvgIpc) is 2.69.